The quantitative estimate of drug-likeness (QED) is 0.398. The van der Waals surface area contributed by atoms with Crippen LogP contribution in [0.2, 0.25) is 0 Å². The predicted molar refractivity (Wildman–Crippen MR) is 157 cm³/mol. The van der Waals surface area contributed by atoms with E-state index < -0.39 is 0 Å². The van der Waals surface area contributed by atoms with Gasteiger partial charge in [-0.2, -0.15) is 0 Å². The number of likely N-dealkylation sites (N-methyl/N-ethyl adjacent to an activating group) is 1. The topological polar surface area (TPSA) is 62.3 Å². The number of benzene rings is 3. The number of aryl methyl sites for hydroxylation is 1. The smallest absolute Gasteiger partial charge is 0.264 e. The fraction of sp³-hybridized carbons (Fsp3) is 0.290. The SMILES string of the molecule is COc1ccc(/C=C2\Sc3ccc(C(=O)N4CCN(c5ccc(C)cc5)[C@H](C)C4)cc3N(C)C2=O)cc1OC. The summed E-state index contributed by atoms with van der Waals surface area (Å²) in [7, 11) is 4.93. The van der Waals surface area contributed by atoms with Gasteiger partial charge in [0, 0.05) is 48.9 Å². The maximum absolute atomic E-state index is 13.5. The Morgan fingerprint density at radius 2 is 1.72 bits per heavy atom. The van der Waals surface area contributed by atoms with Crippen molar-refractivity contribution in [2.45, 2.75) is 24.8 Å². The van der Waals surface area contributed by atoms with Crippen LogP contribution in [0.15, 0.2) is 70.5 Å². The van der Waals surface area contributed by atoms with Gasteiger partial charge in [-0.05, 0) is 68.0 Å². The molecule has 5 rings (SSSR count). The largest absolute Gasteiger partial charge is 0.493 e. The van der Waals surface area contributed by atoms with E-state index in [2.05, 4.69) is 43.0 Å². The van der Waals surface area contributed by atoms with Crippen molar-refractivity contribution in [2.75, 3.05) is 50.7 Å². The van der Waals surface area contributed by atoms with E-state index in [1.165, 1.54) is 23.0 Å². The molecule has 3 aromatic rings. The first-order valence-electron chi connectivity index (χ1n) is 13.0. The molecular formula is C31H33N3O4S. The van der Waals surface area contributed by atoms with Gasteiger partial charge in [0.05, 0.1) is 24.8 Å². The Morgan fingerprint density at radius 1 is 0.974 bits per heavy atom. The van der Waals surface area contributed by atoms with Crippen LogP contribution in [0.3, 0.4) is 0 Å². The molecule has 2 aliphatic rings. The molecule has 39 heavy (non-hydrogen) atoms. The lowest BCUT2D eigenvalue weighted by Crippen LogP contribution is -2.53. The summed E-state index contributed by atoms with van der Waals surface area (Å²) in [4.78, 5) is 34.2. The lowest BCUT2D eigenvalue weighted by Gasteiger charge is -2.41. The van der Waals surface area contributed by atoms with Gasteiger partial charge in [-0.1, -0.05) is 35.5 Å². The van der Waals surface area contributed by atoms with Crippen LogP contribution in [0.1, 0.15) is 28.4 Å². The summed E-state index contributed by atoms with van der Waals surface area (Å²) in [5, 5.41) is 0. The minimum Gasteiger partial charge on any atom is -0.493 e. The van der Waals surface area contributed by atoms with Crippen LogP contribution in [-0.4, -0.2) is 63.7 Å². The van der Waals surface area contributed by atoms with E-state index in [9.17, 15) is 9.59 Å². The molecule has 0 unspecified atom stereocenters. The van der Waals surface area contributed by atoms with Gasteiger partial charge in [-0.25, -0.2) is 0 Å². The molecule has 0 aromatic heterocycles. The fourth-order valence-corrected chi connectivity index (χ4v) is 6.16. The number of ether oxygens (including phenoxy) is 2. The van der Waals surface area contributed by atoms with E-state index in [-0.39, 0.29) is 17.9 Å². The van der Waals surface area contributed by atoms with Gasteiger partial charge < -0.3 is 24.2 Å². The highest BCUT2D eigenvalue weighted by Crippen LogP contribution is 2.42. The lowest BCUT2D eigenvalue weighted by molar-refractivity contribution is -0.114. The third kappa shape index (κ3) is 5.34. The van der Waals surface area contributed by atoms with Crippen molar-refractivity contribution < 1.29 is 19.1 Å². The van der Waals surface area contributed by atoms with E-state index in [1.807, 2.05) is 47.4 Å². The van der Waals surface area contributed by atoms with Gasteiger partial charge in [0.25, 0.3) is 11.8 Å². The maximum atomic E-state index is 13.5. The highest BCUT2D eigenvalue weighted by atomic mass is 32.2. The molecule has 0 saturated carbocycles. The zero-order chi connectivity index (χ0) is 27.7. The minimum atomic E-state index is -0.118. The van der Waals surface area contributed by atoms with Gasteiger partial charge in [-0.15, -0.1) is 0 Å². The Morgan fingerprint density at radius 3 is 2.41 bits per heavy atom. The number of methoxy groups -OCH3 is 2. The van der Waals surface area contributed by atoms with Crippen molar-refractivity contribution in [3.05, 3.63) is 82.3 Å². The summed E-state index contributed by atoms with van der Waals surface area (Å²) in [6.45, 7) is 6.31. The molecule has 0 N–H and O–H groups in total. The average molecular weight is 544 g/mol. The number of thioether (sulfide) groups is 1. The Hall–Kier alpha value is -3.91. The summed E-state index contributed by atoms with van der Waals surface area (Å²) in [6, 6.07) is 19.9. The van der Waals surface area contributed by atoms with Crippen molar-refractivity contribution in [1.29, 1.82) is 0 Å². The molecule has 1 fully saturated rings. The Labute approximate surface area is 234 Å². The molecule has 0 bridgehead atoms. The molecule has 7 nitrogen and oxygen atoms in total. The first kappa shape index (κ1) is 26.7. The van der Waals surface area contributed by atoms with Crippen molar-refractivity contribution in [3.8, 4) is 11.5 Å². The molecule has 2 aliphatic heterocycles. The number of piperazine rings is 1. The number of carbonyl (C=O) groups is 2. The zero-order valence-electron chi connectivity index (χ0n) is 22.9. The number of carbonyl (C=O) groups excluding carboxylic acids is 2. The summed E-state index contributed by atoms with van der Waals surface area (Å²) >= 11 is 1.41. The molecule has 0 radical (unpaired) electrons. The molecule has 8 heteroatoms. The van der Waals surface area contributed by atoms with E-state index in [0.29, 0.717) is 35.1 Å². The molecular weight excluding hydrogens is 510 g/mol. The van der Waals surface area contributed by atoms with Crippen LogP contribution in [0.5, 0.6) is 11.5 Å². The molecule has 0 spiro atoms. The van der Waals surface area contributed by atoms with E-state index >= 15 is 0 Å². The second-order valence-corrected chi connectivity index (χ2v) is 11.0. The van der Waals surface area contributed by atoms with Crippen LogP contribution >= 0.6 is 11.8 Å². The number of amides is 2. The van der Waals surface area contributed by atoms with E-state index in [4.69, 9.17) is 9.47 Å². The second-order valence-electron chi connectivity index (χ2n) is 9.90. The van der Waals surface area contributed by atoms with Crippen molar-refractivity contribution in [3.63, 3.8) is 0 Å². The number of anilines is 2. The van der Waals surface area contributed by atoms with Gasteiger partial charge in [0.15, 0.2) is 11.5 Å². The minimum absolute atomic E-state index is 0.00859. The number of rotatable bonds is 5. The molecule has 1 atom stereocenters. The third-order valence-corrected chi connectivity index (χ3v) is 8.37. The molecule has 3 aromatic carbocycles. The van der Waals surface area contributed by atoms with Crippen molar-refractivity contribution in [2.24, 2.45) is 0 Å². The summed E-state index contributed by atoms with van der Waals surface area (Å²) in [5.41, 5.74) is 4.59. The Balaban J connectivity index is 1.32. The van der Waals surface area contributed by atoms with E-state index in [1.54, 1.807) is 26.2 Å². The first-order chi connectivity index (χ1) is 18.8. The number of nitrogens with zero attached hydrogens (tertiary/aromatic N) is 3. The first-order valence-corrected chi connectivity index (χ1v) is 13.8. The van der Waals surface area contributed by atoms with Crippen molar-refractivity contribution >= 4 is 41.0 Å². The van der Waals surface area contributed by atoms with Gasteiger partial charge in [0.2, 0.25) is 0 Å². The third-order valence-electron chi connectivity index (χ3n) is 7.29. The van der Waals surface area contributed by atoms with Crippen molar-refractivity contribution in [1.82, 2.24) is 4.90 Å². The Bertz CT molecular complexity index is 1440. The molecule has 0 aliphatic carbocycles. The molecule has 1 saturated heterocycles. The van der Waals surface area contributed by atoms with Crippen LogP contribution in [0, 0.1) is 6.92 Å². The second kappa shape index (κ2) is 11.1. The maximum Gasteiger partial charge on any atom is 0.264 e. The standard InChI is InChI=1S/C31H33N3O4S/c1-20-6-10-24(11-7-20)34-15-14-33(19-21(34)2)30(35)23-9-13-28-25(18-23)32(3)31(36)29(39-28)17-22-8-12-26(37-4)27(16-22)38-5/h6-13,16-18,21H,14-15,19H2,1-5H3/b29-17-/t21-/m1/s1. The molecule has 2 amide bonds. The Kier molecular flexibility index (Phi) is 7.57. The monoisotopic (exact) mass is 543 g/mol. The summed E-state index contributed by atoms with van der Waals surface area (Å²) < 4.78 is 10.7. The van der Waals surface area contributed by atoms with Crippen LogP contribution in [0.4, 0.5) is 11.4 Å². The molecule has 2 heterocycles. The van der Waals surface area contributed by atoms with E-state index in [0.717, 1.165) is 22.7 Å². The molecule has 202 valence electrons. The van der Waals surface area contributed by atoms with Crippen LogP contribution in [0.25, 0.3) is 6.08 Å². The van der Waals surface area contributed by atoms with Gasteiger partial charge >= 0.3 is 0 Å². The predicted octanol–water partition coefficient (Wildman–Crippen LogP) is 5.47. The highest BCUT2D eigenvalue weighted by Gasteiger charge is 2.30. The fourth-order valence-electron chi connectivity index (χ4n) is 5.07. The normalized spacial score (nSPS) is 18.3. The number of fused-ring (bicyclic) bond motifs is 1. The van der Waals surface area contributed by atoms with Crippen LogP contribution in [-0.2, 0) is 4.79 Å². The lowest BCUT2D eigenvalue weighted by atomic mass is 10.1. The zero-order valence-corrected chi connectivity index (χ0v) is 23.7. The van der Waals surface area contributed by atoms with Gasteiger partial charge in [-0.3, -0.25) is 9.59 Å². The highest BCUT2D eigenvalue weighted by molar-refractivity contribution is 8.04. The number of hydrogen-bond donors (Lipinski definition) is 0. The summed E-state index contributed by atoms with van der Waals surface area (Å²) in [6.07, 6.45) is 1.85. The van der Waals surface area contributed by atoms with Crippen LogP contribution < -0.4 is 19.3 Å². The van der Waals surface area contributed by atoms with Gasteiger partial charge in [0.1, 0.15) is 0 Å². The average Bonchev–Trinajstić information content (AvgIpc) is 2.95. The number of hydrogen-bond acceptors (Lipinski definition) is 6. The summed E-state index contributed by atoms with van der Waals surface area (Å²) in [5.74, 6) is 1.11.